The van der Waals surface area contributed by atoms with Gasteiger partial charge in [0.25, 0.3) is 11.7 Å². The van der Waals surface area contributed by atoms with Crippen molar-refractivity contribution in [2.75, 3.05) is 13.2 Å². The van der Waals surface area contributed by atoms with Gasteiger partial charge in [-0.25, -0.2) is 0 Å². The van der Waals surface area contributed by atoms with E-state index in [1.165, 1.54) is 0 Å². The molecule has 1 aliphatic heterocycles. The molecule has 0 aliphatic carbocycles. The number of benzene rings is 2. The molecule has 31 heavy (non-hydrogen) atoms. The molecular weight excluding hydrogens is 390 g/mol. The Morgan fingerprint density at radius 3 is 2.55 bits per heavy atom. The van der Waals surface area contributed by atoms with Crippen molar-refractivity contribution in [1.82, 2.24) is 4.90 Å². The van der Waals surface area contributed by atoms with Crippen LogP contribution in [0.5, 0.6) is 5.75 Å². The zero-order chi connectivity index (χ0) is 22.5. The molecule has 5 heteroatoms. The first kappa shape index (κ1) is 22.6. The van der Waals surface area contributed by atoms with Crippen LogP contribution >= 0.6 is 0 Å². The summed E-state index contributed by atoms with van der Waals surface area (Å²) < 4.78 is 5.78. The molecule has 1 atom stereocenters. The molecule has 3 rings (SSSR count). The van der Waals surface area contributed by atoms with Crippen LogP contribution < -0.4 is 4.74 Å². The van der Waals surface area contributed by atoms with Crippen LogP contribution in [0.15, 0.2) is 54.1 Å². The highest BCUT2D eigenvalue weighted by Gasteiger charge is 2.46. The molecule has 1 heterocycles. The highest BCUT2D eigenvalue weighted by molar-refractivity contribution is 6.46. The van der Waals surface area contributed by atoms with Gasteiger partial charge in [0.15, 0.2) is 0 Å². The number of ketones is 1. The monoisotopic (exact) mass is 421 g/mol. The van der Waals surface area contributed by atoms with Gasteiger partial charge in [0.2, 0.25) is 0 Å². The van der Waals surface area contributed by atoms with Crippen LogP contribution in [0.3, 0.4) is 0 Å². The predicted octanol–water partition coefficient (Wildman–Crippen LogP) is 5.25. The number of likely N-dealkylation sites (tertiary alicyclic amines) is 1. The summed E-state index contributed by atoms with van der Waals surface area (Å²) in [6.07, 6.45) is 1.69. The van der Waals surface area contributed by atoms with Gasteiger partial charge in [-0.3, -0.25) is 9.59 Å². The highest BCUT2D eigenvalue weighted by Crippen LogP contribution is 2.40. The Bertz CT molecular complexity index is 992. The van der Waals surface area contributed by atoms with Crippen molar-refractivity contribution in [2.24, 2.45) is 5.92 Å². The van der Waals surface area contributed by atoms with Crippen molar-refractivity contribution in [3.63, 3.8) is 0 Å². The lowest BCUT2D eigenvalue weighted by atomic mass is 9.92. The number of amides is 1. The molecule has 2 aromatic rings. The molecule has 164 valence electrons. The summed E-state index contributed by atoms with van der Waals surface area (Å²) in [6.45, 7) is 9.13. The Morgan fingerprint density at radius 1 is 1.13 bits per heavy atom. The van der Waals surface area contributed by atoms with E-state index >= 15 is 0 Å². The smallest absolute Gasteiger partial charge is 0.295 e. The summed E-state index contributed by atoms with van der Waals surface area (Å²) in [7, 11) is 0. The molecule has 0 bridgehead atoms. The number of aliphatic hydroxyl groups excluding tert-OH is 1. The maximum atomic E-state index is 13.0. The second-order valence-corrected chi connectivity index (χ2v) is 8.44. The van der Waals surface area contributed by atoms with Crippen LogP contribution in [0, 0.1) is 12.8 Å². The second kappa shape index (κ2) is 9.82. The molecule has 0 aromatic heterocycles. The van der Waals surface area contributed by atoms with Crippen LogP contribution in [-0.4, -0.2) is 34.8 Å². The molecule has 5 nitrogen and oxygen atoms in total. The molecule has 1 amide bonds. The number of unbranched alkanes of at least 4 members (excludes halogenated alkanes) is 1. The van der Waals surface area contributed by atoms with Gasteiger partial charge in [0, 0.05) is 12.1 Å². The summed E-state index contributed by atoms with van der Waals surface area (Å²) in [5, 5.41) is 11.2. The first-order valence-electron chi connectivity index (χ1n) is 10.9. The SMILES string of the molecule is CCCCN1C(=O)C(=O)/C(=C(/O)c2cccc(OCC(C)C)c2)C1c1ccccc1C. The predicted molar refractivity (Wildman–Crippen MR) is 122 cm³/mol. The van der Waals surface area contributed by atoms with Crippen molar-refractivity contribution in [3.8, 4) is 5.75 Å². The van der Waals surface area contributed by atoms with Crippen molar-refractivity contribution < 1.29 is 19.4 Å². The lowest BCUT2D eigenvalue weighted by Gasteiger charge is -2.26. The number of aryl methyl sites for hydroxylation is 1. The van der Waals surface area contributed by atoms with E-state index in [0.717, 1.165) is 24.0 Å². The summed E-state index contributed by atoms with van der Waals surface area (Å²) in [4.78, 5) is 27.5. The quantitative estimate of drug-likeness (QED) is 0.359. The van der Waals surface area contributed by atoms with Crippen molar-refractivity contribution in [3.05, 3.63) is 70.8 Å². The number of hydrogen-bond donors (Lipinski definition) is 1. The zero-order valence-electron chi connectivity index (χ0n) is 18.7. The molecule has 1 saturated heterocycles. The normalized spacial score (nSPS) is 18.1. The van der Waals surface area contributed by atoms with Gasteiger partial charge >= 0.3 is 0 Å². The maximum absolute atomic E-state index is 13.0. The van der Waals surface area contributed by atoms with Crippen molar-refractivity contribution in [2.45, 2.75) is 46.6 Å². The van der Waals surface area contributed by atoms with E-state index in [2.05, 4.69) is 13.8 Å². The van der Waals surface area contributed by atoms with Crippen molar-refractivity contribution in [1.29, 1.82) is 0 Å². The van der Waals surface area contributed by atoms with Crippen LogP contribution in [0.4, 0.5) is 0 Å². The minimum Gasteiger partial charge on any atom is -0.507 e. The fraction of sp³-hybridized carbons (Fsp3) is 0.385. The lowest BCUT2D eigenvalue weighted by molar-refractivity contribution is -0.139. The highest BCUT2D eigenvalue weighted by atomic mass is 16.5. The number of carbonyl (C=O) groups is 2. The molecule has 0 saturated carbocycles. The van der Waals surface area contributed by atoms with Crippen LogP contribution in [-0.2, 0) is 9.59 Å². The van der Waals surface area contributed by atoms with Gasteiger partial charge in [0.05, 0.1) is 18.2 Å². The zero-order valence-corrected chi connectivity index (χ0v) is 18.7. The van der Waals surface area contributed by atoms with E-state index in [1.807, 2.05) is 44.2 Å². The summed E-state index contributed by atoms with van der Waals surface area (Å²) in [6, 6.07) is 14.1. The van der Waals surface area contributed by atoms with E-state index in [4.69, 9.17) is 4.74 Å². The second-order valence-electron chi connectivity index (χ2n) is 8.44. The van der Waals surface area contributed by atoms with Gasteiger partial charge in [-0.1, -0.05) is 63.6 Å². The number of nitrogens with zero attached hydrogens (tertiary/aromatic N) is 1. The Labute approximate surface area is 184 Å². The minimum absolute atomic E-state index is 0.136. The van der Waals surface area contributed by atoms with E-state index in [-0.39, 0.29) is 11.3 Å². The summed E-state index contributed by atoms with van der Waals surface area (Å²) >= 11 is 0. The largest absolute Gasteiger partial charge is 0.507 e. The van der Waals surface area contributed by atoms with Crippen LogP contribution in [0.2, 0.25) is 0 Å². The molecule has 0 spiro atoms. The third-order valence-corrected chi connectivity index (χ3v) is 5.47. The lowest BCUT2D eigenvalue weighted by Crippen LogP contribution is -2.30. The topological polar surface area (TPSA) is 66.8 Å². The average Bonchev–Trinajstić information content (AvgIpc) is 3.01. The Kier molecular flexibility index (Phi) is 7.16. The van der Waals surface area contributed by atoms with Gasteiger partial charge in [-0.2, -0.15) is 0 Å². The van der Waals surface area contributed by atoms with Gasteiger partial charge in [-0.15, -0.1) is 0 Å². The average molecular weight is 422 g/mol. The van der Waals surface area contributed by atoms with Crippen LogP contribution in [0.1, 0.15) is 56.3 Å². The van der Waals surface area contributed by atoms with E-state index in [9.17, 15) is 14.7 Å². The fourth-order valence-electron chi connectivity index (χ4n) is 3.81. The number of hydrogen-bond acceptors (Lipinski definition) is 4. The molecule has 1 fully saturated rings. The first-order valence-corrected chi connectivity index (χ1v) is 10.9. The molecule has 1 unspecified atom stereocenters. The molecule has 0 radical (unpaired) electrons. The number of ether oxygens (including phenoxy) is 1. The Hall–Kier alpha value is -3.08. The standard InChI is InChI=1S/C26H31NO4/c1-5-6-14-27-23(21-13-8-7-10-18(21)4)22(25(29)26(27)30)24(28)19-11-9-12-20(15-19)31-16-17(2)3/h7-13,15,17,23,28H,5-6,14,16H2,1-4H3/b24-22+. The van der Waals surface area contributed by atoms with Crippen LogP contribution in [0.25, 0.3) is 5.76 Å². The summed E-state index contributed by atoms with van der Waals surface area (Å²) in [5.74, 6) is -0.390. The fourth-order valence-corrected chi connectivity index (χ4v) is 3.81. The molecule has 1 aliphatic rings. The molecule has 2 aromatic carbocycles. The van der Waals surface area contributed by atoms with Gasteiger partial charge < -0.3 is 14.7 Å². The number of aliphatic hydroxyl groups is 1. The number of Topliss-reactive ketones (excluding diaryl/α,β-unsaturated/α-hetero) is 1. The number of carbonyl (C=O) groups excluding carboxylic acids is 2. The maximum Gasteiger partial charge on any atom is 0.295 e. The van der Waals surface area contributed by atoms with E-state index in [0.29, 0.717) is 30.4 Å². The third-order valence-electron chi connectivity index (χ3n) is 5.47. The van der Waals surface area contributed by atoms with Gasteiger partial charge in [0.1, 0.15) is 11.5 Å². The first-order chi connectivity index (χ1) is 14.8. The number of rotatable bonds is 8. The van der Waals surface area contributed by atoms with E-state index < -0.39 is 17.7 Å². The Morgan fingerprint density at radius 2 is 1.87 bits per heavy atom. The molecular formula is C26H31NO4. The van der Waals surface area contributed by atoms with E-state index in [1.54, 1.807) is 23.1 Å². The molecule has 1 N–H and O–H groups in total. The van der Waals surface area contributed by atoms with Gasteiger partial charge in [-0.05, 0) is 42.5 Å². The third kappa shape index (κ3) is 4.82. The minimum atomic E-state index is -0.643. The van der Waals surface area contributed by atoms with Crippen molar-refractivity contribution >= 4 is 17.4 Å². The summed E-state index contributed by atoms with van der Waals surface area (Å²) in [5.41, 5.74) is 2.42. The Balaban J connectivity index is 2.10.